The second kappa shape index (κ2) is 6.26. The van der Waals surface area contributed by atoms with Gasteiger partial charge in [-0.3, -0.25) is 9.89 Å². The summed E-state index contributed by atoms with van der Waals surface area (Å²) < 4.78 is 4.66. The van der Waals surface area contributed by atoms with Crippen LogP contribution in [0.2, 0.25) is 0 Å². The zero-order chi connectivity index (χ0) is 12.7. The van der Waals surface area contributed by atoms with Gasteiger partial charge in [-0.05, 0) is 0 Å². The van der Waals surface area contributed by atoms with Crippen LogP contribution in [-0.2, 0) is 22.5 Å². The molecule has 17 heavy (non-hydrogen) atoms. The van der Waals surface area contributed by atoms with Gasteiger partial charge in [0.25, 0.3) is 0 Å². The van der Waals surface area contributed by atoms with Gasteiger partial charge in [0.15, 0.2) is 5.82 Å². The number of H-pyrrole nitrogens is 1. The first-order valence-corrected chi connectivity index (χ1v) is 4.75. The predicted octanol–water partition coefficient (Wildman–Crippen LogP) is -0.156. The quantitative estimate of drug-likeness (QED) is 0.595. The van der Waals surface area contributed by atoms with Crippen LogP contribution in [-0.4, -0.2) is 39.0 Å². The molecule has 3 N–H and O–H groups in total. The summed E-state index contributed by atoms with van der Waals surface area (Å²) in [5.41, 5.74) is 0. The number of carboxylic acid groups (broad SMARTS) is 1. The summed E-state index contributed by atoms with van der Waals surface area (Å²) in [4.78, 5) is 25.3. The molecule has 0 saturated carbocycles. The van der Waals surface area contributed by atoms with Gasteiger partial charge in [-0.2, -0.15) is 5.10 Å². The normalized spacial score (nSPS) is 9.65. The Hall–Kier alpha value is -2.38. The molecule has 92 valence electrons. The van der Waals surface area contributed by atoms with E-state index in [1.165, 1.54) is 6.08 Å². The molecule has 0 aliphatic rings. The van der Waals surface area contributed by atoms with Crippen molar-refractivity contribution in [2.75, 3.05) is 6.61 Å². The first-order chi connectivity index (χ1) is 8.11. The smallest absolute Gasteiger partial charge is 0.407 e. The summed E-state index contributed by atoms with van der Waals surface area (Å²) in [5.74, 6) is -0.500. The van der Waals surface area contributed by atoms with Crippen LogP contribution in [0.4, 0.5) is 4.79 Å². The van der Waals surface area contributed by atoms with Gasteiger partial charge in [0.2, 0.25) is 0 Å². The van der Waals surface area contributed by atoms with Crippen molar-refractivity contribution in [1.29, 1.82) is 0 Å². The lowest BCUT2D eigenvalue weighted by Gasteiger charge is -2.02. The van der Waals surface area contributed by atoms with E-state index in [-0.39, 0.29) is 25.4 Å². The van der Waals surface area contributed by atoms with Crippen LogP contribution >= 0.6 is 0 Å². The van der Waals surface area contributed by atoms with Crippen LogP contribution in [0, 0.1) is 0 Å². The van der Waals surface area contributed by atoms with E-state index in [2.05, 4.69) is 31.8 Å². The van der Waals surface area contributed by atoms with Gasteiger partial charge in [-0.1, -0.05) is 12.7 Å². The number of hydrogen-bond donors (Lipinski definition) is 3. The van der Waals surface area contributed by atoms with Crippen molar-refractivity contribution in [1.82, 2.24) is 20.5 Å². The SMILES string of the molecule is C=CCOC(=O)NCc1nc(CC(=O)O)n[nH]1. The molecule has 1 heterocycles. The van der Waals surface area contributed by atoms with Gasteiger partial charge in [0.05, 0.1) is 6.54 Å². The molecule has 0 aliphatic carbocycles. The molecule has 1 amide bonds. The molecular formula is C9H12N4O4. The number of carboxylic acids is 1. The number of aromatic nitrogens is 3. The number of carbonyl (C=O) groups excluding carboxylic acids is 1. The van der Waals surface area contributed by atoms with Crippen molar-refractivity contribution in [3.63, 3.8) is 0 Å². The number of nitrogens with one attached hydrogen (secondary N) is 2. The molecule has 0 spiro atoms. The molecule has 1 aromatic heterocycles. The minimum Gasteiger partial charge on any atom is -0.481 e. The van der Waals surface area contributed by atoms with Crippen molar-refractivity contribution in [2.45, 2.75) is 13.0 Å². The molecular weight excluding hydrogens is 228 g/mol. The molecule has 0 fully saturated rings. The van der Waals surface area contributed by atoms with Gasteiger partial charge in [0.1, 0.15) is 18.9 Å². The number of alkyl carbamates (subject to hydrolysis) is 1. The number of nitrogens with zero attached hydrogens (tertiary/aromatic N) is 2. The summed E-state index contributed by atoms with van der Waals surface area (Å²) in [6.45, 7) is 3.60. The fourth-order valence-electron chi connectivity index (χ4n) is 0.970. The van der Waals surface area contributed by atoms with Crippen LogP contribution in [0.3, 0.4) is 0 Å². The highest BCUT2D eigenvalue weighted by molar-refractivity contribution is 5.69. The number of hydrogen-bond acceptors (Lipinski definition) is 5. The Labute approximate surface area is 96.7 Å². The molecule has 0 atom stereocenters. The van der Waals surface area contributed by atoms with Crippen molar-refractivity contribution in [3.8, 4) is 0 Å². The van der Waals surface area contributed by atoms with Crippen molar-refractivity contribution in [2.24, 2.45) is 0 Å². The fourth-order valence-corrected chi connectivity index (χ4v) is 0.970. The molecule has 0 unspecified atom stereocenters. The Morgan fingerprint density at radius 1 is 1.59 bits per heavy atom. The largest absolute Gasteiger partial charge is 0.481 e. The molecule has 8 heteroatoms. The summed E-state index contributed by atoms with van der Waals surface area (Å²) in [7, 11) is 0. The van der Waals surface area contributed by atoms with E-state index in [4.69, 9.17) is 5.11 Å². The molecule has 0 radical (unpaired) electrons. The fraction of sp³-hybridized carbons (Fsp3) is 0.333. The molecule has 0 aromatic carbocycles. The Balaban J connectivity index is 2.36. The Morgan fingerprint density at radius 2 is 2.35 bits per heavy atom. The second-order valence-electron chi connectivity index (χ2n) is 3.01. The van der Waals surface area contributed by atoms with Crippen molar-refractivity contribution in [3.05, 3.63) is 24.3 Å². The van der Waals surface area contributed by atoms with E-state index in [0.29, 0.717) is 5.82 Å². The molecule has 8 nitrogen and oxygen atoms in total. The topological polar surface area (TPSA) is 117 Å². The zero-order valence-electron chi connectivity index (χ0n) is 8.97. The first-order valence-electron chi connectivity index (χ1n) is 4.75. The average Bonchev–Trinajstić information content (AvgIpc) is 2.70. The second-order valence-corrected chi connectivity index (χ2v) is 3.01. The lowest BCUT2D eigenvalue weighted by Crippen LogP contribution is -2.24. The highest BCUT2D eigenvalue weighted by atomic mass is 16.5. The van der Waals surface area contributed by atoms with E-state index in [1.54, 1.807) is 0 Å². The third-order valence-corrected chi connectivity index (χ3v) is 1.62. The number of amides is 1. The Bertz CT molecular complexity index is 415. The van der Waals surface area contributed by atoms with Gasteiger partial charge in [-0.15, -0.1) is 0 Å². The molecule has 1 aromatic rings. The minimum absolute atomic E-state index is 0.0859. The highest BCUT2D eigenvalue weighted by Crippen LogP contribution is 1.94. The Morgan fingerprint density at radius 3 is 3.00 bits per heavy atom. The first kappa shape index (κ1) is 12.7. The van der Waals surface area contributed by atoms with Crippen LogP contribution in [0.15, 0.2) is 12.7 Å². The van der Waals surface area contributed by atoms with Gasteiger partial charge in [0, 0.05) is 0 Å². The predicted molar refractivity (Wildman–Crippen MR) is 56.1 cm³/mol. The molecule has 1 rings (SSSR count). The lowest BCUT2D eigenvalue weighted by atomic mass is 10.4. The summed E-state index contributed by atoms with van der Waals surface area (Å²) in [6, 6.07) is 0. The van der Waals surface area contributed by atoms with E-state index in [9.17, 15) is 9.59 Å². The van der Waals surface area contributed by atoms with Crippen molar-refractivity contribution >= 4 is 12.1 Å². The molecule has 0 saturated heterocycles. The van der Waals surface area contributed by atoms with Crippen molar-refractivity contribution < 1.29 is 19.4 Å². The van der Waals surface area contributed by atoms with Crippen LogP contribution < -0.4 is 5.32 Å². The average molecular weight is 240 g/mol. The van der Waals surface area contributed by atoms with Crippen LogP contribution in [0.5, 0.6) is 0 Å². The van der Waals surface area contributed by atoms with Gasteiger partial charge < -0.3 is 15.2 Å². The van der Waals surface area contributed by atoms with E-state index < -0.39 is 12.1 Å². The standard InChI is InChI=1S/C9H12N4O4/c1-2-3-17-9(16)10-5-7-11-6(12-13-7)4-8(14)15/h2H,1,3-5H2,(H,10,16)(H,14,15)(H,11,12,13). The number of ether oxygens (including phenoxy) is 1. The van der Waals surface area contributed by atoms with Gasteiger partial charge in [-0.25, -0.2) is 9.78 Å². The van der Waals surface area contributed by atoms with Crippen LogP contribution in [0.1, 0.15) is 11.6 Å². The van der Waals surface area contributed by atoms with Crippen LogP contribution in [0.25, 0.3) is 0 Å². The minimum atomic E-state index is -1.02. The maximum atomic E-state index is 11.0. The van der Waals surface area contributed by atoms with E-state index >= 15 is 0 Å². The number of aliphatic carboxylic acids is 1. The van der Waals surface area contributed by atoms with E-state index in [0.717, 1.165) is 0 Å². The third-order valence-electron chi connectivity index (χ3n) is 1.62. The summed E-state index contributed by atoms with van der Waals surface area (Å²) in [6.07, 6.45) is 0.567. The monoisotopic (exact) mass is 240 g/mol. The summed E-state index contributed by atoms with van der Waals surface area (Å²) in [5, 5.41) is 17.1. The number of carbonyl (C=O) groups is 2. The lowest BCUT2D eigenvalue weighted by molar-refractivity contribution is -0.136. The number of aromatic amines is 1. The maximum absolute atomic E-state index is 11.0. The molecule has 0 aliphatic heterocycles. The van der Waals surface area contributed by atoms with Gasteiger partial charge >= 0.3 is 12.1 Å². The summed E-state index contributed by atoms with van der Waals surface area (Å²) >= 11 is 0. The zero-order valence-corrected chi connectivity index (χ0v) is 8.97. The highest BCUT2D eigenvalue weighted by Gasteiger charge is 2.08. The number of rotatable bonds is 6. The Kier molecular flexibility index (Phi) is 4.67. The van der Waals surface area contributed by atoms with E-state index in [1.807, 2.05) is 0 Å². The third kappa shape index (κ3) is 4.78. The molecule has 0 bridgehead atoms. The maximum Gasteiger partial charge on any atom is 0.407 e.